The first kappa shape index (κ1) is 12.9. The molecule has 3 N–H and O–H groups in total. The minimum atomic E-state index is -0.473. The van der Waals surface area contributed by atoms with Crippen LogP contribution in [-0.4, -0.2) is 67.3 Å². The summed E-state index contributed by atoms with van der Waals surface area (Å²) in [7, 11) is 4.25. The van der Waals surface area contributed by atoms with Crippen LogP contribution in [0.5, 0.6) is 0 Å². The molecule has 4 heteroatoms. The molecular formula is C11H25N3O. The van der Waals surface area contributed by atoms with Gasteiger partial charge in [-0.25, -0.2) is 0 Å². The normalized spacial score (nSPS) is 27.2. The van der Waals surface area contributed by atoms with Gasteiger partial charge in [0.15, 0.2) is 0 Å². The van der Waals surface area contributed by atoms with Gasteiger partial charge >= 0.3 is 0 Å². The number of aliphatic hydroxyl groups excluding tert-OH is 1. The second-order valence-corrected chi connectivity index (χ2v) is 5.43. The molecule has 1 fully saturated rings. The highest BCUT2D eigenvalue weighted by Crippen LogP contribution is 2.15. The third-order valence-corrected chi connectivity index (χ3v) is 3.05. The Morgan fingerprint density at radius 2 is 2.27 bits per heavy atom. The van der Waals surface area contributed by atoms with Crippen molar-refractivity contribution in [1.82, 2.24) is 9.80 Å². The summed E-state index contributed by atoms with van der Waals surface area (Å²) in [5.41, 5.74) is 5.44. The molecule has 0 aliphatic carbocycles. The smallest absolute Gasteiger partial charge is 0.0621 e. The standard InChI is InChI=1S/C11H25N3O/c1-11(12,9-15)8-14(3)7-10-4-5-13(2)6-10/h10,15H,4-9,12H2,1-3H3. The molecule has 0 bridgehead atoms. The highest BCUT2D eigenvalue weighted by Gasteiger charge is 2.24. The maximum atomic E-state index is 9.09. The van der Waals surface area contributed by atoms with Gasteiger partial charge in [-0.1, -0.05) is 0 Å². The monoisotopic (exact) mass is 215 g/mol. The summed E-state index contributed by atoms with van der Waals surface area (Å²) < 4.78 is 0. The highest BCUT2D eigenvalue weighted by atomic mass is 16.3. The molecule has 0 aromatic heterocycles. The summed E-state index contributed by atoms with van der Waals surface area (Å²) in [6.07, 6.45) is 1.28. The Labute approximate surface area is 93.0 Å². The van der Waals surface area contributed by atoms with E-state index in [1.165, 1.54) is 19.5 Å². The van der Waals surface area contributed by atoms with E-state index in [9.17, 15) is 0 Å². The molecule has 1 aliphatic rings. The number of likely N-dealkylation sites (tertiary alicyclic amines) is 1. The number of aliphatic hydroxyl groups is 1. The number of likely N-dealkylation sites (N-methyl/N-ethyl adjacent to an activating group) is 1. The molecule has 90 valence electrons. The van der Waals surface area contributed by atoms with Crippen LogP contribution in [0.2, 0.25) is 0 Å². The van der Waals surface area contributed by atoms with Crippen molar-refractivity contribution in [2.24, 2.45) is 11.7 Å². The van der Waals surface area contributed by atoms with E-state index in [-0.39, 0.29) is 6.61 Å². The molecule has 2 unspecified atom stereocenters. The maximum Gasteiger partial charge on any atom is 0.0621 e. The Hall–Kier alpha value is -0.160. The van der Waals surface area contributed by atoms with Gasteiger partial charge in [-0.3, -0.25) is 0 Å². The zero-order valence-corrected chi connectivity index (χ0v) is 10.2. The van der Waals surface area contributed by atoms with Crippen molar-refractivity contribution in [3.8, 4) is 0 Å². The van der Waals surface area contributed by atoms with Crippen molar-refractivity contribution in [3.63, 3.8) is 0 Å². The minimum Gasteiger partial charge on any atom is -0.394 e. The molecule has 0 aromatic carbocycles. The summed E-state index contributed by atoms with van der Waals surface area (Å²) in [5, 5.41) is 9.09. The molecule has 15 heavy (non-hydrogen) atoms. The number of rotatable bonds is 5. The fourth-order valence-corrected chi connectivity index (χ4v) is 2.35. The first-order chi connectivity index (χ1) is 6.93. The van der Waals surface area contributed by atoms with Crippen LogP contribution in [-0.2, 0) is 0 Å². The Morgan fingerprint density at radius 3 is 2.73 bits per heavy atom. The van der Waals surface area contributed by atoms with Gasteiger partial charge in [0, 0.05) is 25.2 Å². The average molecular weight is 215 g/mol. The van der Waals surface area contributed by atoms with Crippen LogP contribution in [0.1, 0.15) is 13.3 Å². The van der Waals surface area contributed by atoms with Gasteiger partial charge in [-0.05, 0) is 39.9 Å². The molecule has 1 rings (SSSR count). The molecular weight excluding hydrogens is 190 g/mol. The van der Waals surface area contributed by atoms with Gasteiger partial charge in [0.1, 0.15) is 0 Å². The molecule has 0 spiro atoms. The van der Waals surface area contributed by atoms with Crippen LogP contribution >= 0.6 is 0 Å². The van der Waals surface area contributed by atoms with Gasteiger partial charge in [0.2, 0.25) is 0 Å². The summed E-state index contributed by atoms with van der Waals surface area (Å²) in [4.78, 5) is 4.60. The molecule has 1 saturated heterocycles. The van der Waals surface area contributed by atoms with Crippen molar-refractivity contribution in [1.29, 1.82) is 0 Å². The van der Waals surface area contributed by atoms with Crippen LogP contribution in [0.15, 0.2) is 0 Å². The fraction of sp³-hybridized carbons (Fsp3) is 1.00. The van der Waals surface area contributed by atoms with E-state index in [0.717, 1.165) is 19.0 Å². The second-order valence-electron chi connectivity index (χ2n) is 5.43. The van der Waals surface area contributed by atoms with Gasteiger partial charge < -0.3 is 20.6 Å². The lowest BCUT2D eigenvalue weighted by Gasteiger charge is -2.29. The van der Waals surface area contributed by atoms with Crippen LogP contribution in [0.3, 0.4) is 0 Å². The van der Waals surface area contributed by atoms with Crippen molar-refractivity contribution in [2.75, 3.05) is 46.9 Å². The quantitative estimate of drug-likeness (QED) is 0.654. The second kappa shape index (κ2) is 5.25. The Kier molecular flexibility index (Phi) is 4.52. The molecule has 2 atom stereocenters. The molecule has 4 nitrogen and oxygen atoms in total. The SMILES string of the molecule is CN1CCC(CN(C)CC(C)(N)CO)C1. The zero-order valence-electron chi connectivity index (χ0n) is 10.2. The first-order valence-corrected chi connectivity index (χ1v) is 5.70. The van der Waals surface area contributed by atoms with Crippen LogP contribution in [0.4, 0.5) is 0 Å². The Morgan fingerprint density at radius 1 is 1.60 bits per heavy atom. The van der Waals surface area contributed by atoms with E-state index in [4.69, 9.17) is 10.8 Å². The lowest BCUT2D eigenvalue weighted by Crippen LogP contribution is -2.50. The predicted molar refractivity (Wildman–Crippen MR) is 62.8 cm³/mol. The predicted octanol–water partition coefficient (Wildman–Crippen LogP) is -0.420. The lowest BCUT2D eigenvalue weighted by molar-refractivity contribution is 0.153. The van der Waals surface area contributed by atoms with Gasteiger partial charge in [0.05, 0.1) is 6.61 Å². The Bertz CT molecular complexity index is 196. The third-order valence-electron chi connectivity index (χ3n) is 3.05. The first-order valence-electron chi connectivity index (χ1n) is 5.70. The largest absolute Gasteiger partial charge is 0.394 e. The molecule has 0 radical (unpaired) electrons. The minimum absolute atomic E-state index is 0.0436. The van der Waals surface area contributed by atoms with Crippen molar-refractivity contribution in [3.05, 3.63) is 0 Å². The topological polar surface area (TPSA) is 52.7 Å². The number of nitrogens with two attached hydrogens (primary N) is 1. The number of hydrogen-bond donors (Lipinski definition) is 2. The highest BCUT2D eigenvalue weighted by molar-refractivity contribution is 4.83. The van der Waals surface area contributed by atoms with E-state index in [1.807, 2.05) is 6.92 Å². The molecule has 0 amide bonds. The fourth-order valence-electron chi connectivity index (χ4n) is 2.35. The van der Waals surface area contributed by atoms with Gasteiger partial charge in [-0.2, -0.15) is 0 Å². The van der Waals surface area contributed by atoms with E-state index < -0.39 is 5.54 Å². The van der Waals surface area contributed by atoms with E-state index in [0.29, 0.717) is 0 Å². The number of nitrogens with zero attached hydrogens (tertiary/aromatic N) is 2. The molecule has 1 heterocycles. The molecule has 0 saturated carbocycles. The van der Waals surface area contributed by atoms with E-state index in [2.05, 4.69) is 23.9 Å². The average Bonchev–Trinajstić information content (AvgIpc) is 2.50. The summed E-state index contributed by atoms with van der Waals surface area (Å²) >= 11 is 0. The summed E-state index contributed by atoms with van der Waals surface area (Å²) in [6.45, 7) is 6.16. The molecule has 0 aromatic rings. The van der Waals surface area contributed by atoms with Crippen molar-refractivity contribution in [2.45, 2.75) is 18.9 Å². The van der Waals surface area contributed by atoms with E-state index >= 15 is 0 Å². The van der Waals surface area contributed by atoms with Crippen LogP contribution in [0, 0.1) is 5.92 Å². The summed E-state index contributed by atoms with van der Waals surface area (Å²) in [6, 6.07) is 0. The van der Waals surface area contributed by atoms with Crippen molar-refractivity contribution < 1.29 is 5.11 Å². The van der Waals surface area contributed by atoms with E-state index in [1.54, 1.807) is 0 Å². The van der Waals surface area contributed by atoms with Gasteiger partial charge in [-0.15, -0.1) is 0 Å². The number of hydrogen-bond acceptors (Lipinski definition) is 4. The maximum absolute atomic E-state index is 9.09. The Balaban J connectivity index is 2.27. The van der Waals surface area contributed by atoms with Crippen LogP contribution in [0.25, 0.3) is 0 Å². The lowest BCUT2D eigenvalue weighted by atomic mass is 10.0. The molecule has 1 aliphatic heterocycles. The van der Waals surface area contributed by atoms with Gasteiger partial charge in [0.25, 0.3) is 0 Å². The third kappa shape index (κ3) is 4.47. The van der Waals surface area contributed by atoms with Crippen LogP contribution < -0.4 is 5.73 Å². The van der Waals surface area contributed by atoms with Crippen molar-refractivity contribution >= 4 is 0 Å². The zero-order chi connectivity index (χ0) is 11.5. The summed E-state index contributed by atoms with van der Waals surface area (Å²) in [5.74, 6) is 0.759.